The lowest BCUT2D eigenvalue weighted by Crippen LogP contribution is -2.15. The van der Waals surface area contributed by atoms with Gasteiger partial charge in [-0.25, -0.2) is 18.4 Å². The van der Waals surface area contributed by atoms with Crippen molar-refractivity contribution >= 4 is 38.3 Å². The summed E-state index contributed by atoms with van der Waals surface area (Å²) in [6, 6.07) is 11.1. The first-order valence-corrected chi connectivity index (χ1v) is 10.7. The average Bonchev–Trinajstić information content (AvgIpc) is 3.18. The van der Waals surface area contributed by atoms with Gasteiger partial charge in [-0.2, -0.15) is 0 Å². The van der Waals surface area contributed by atoms with E-state index in [1.54, 1.807) is 37.3 Å². The molecule has 2 heterocycles. The van der Waals surface area contributed by atoms with Crippen LogP contribution in [-0.2, 0) is 10.0 Å². The SMILES string of the molecule is COc1ccc(C)cc1S(=O)(=O)Nc1cccc(C(=O)c2c[nH]c3ncnc(N)c23)c1. The Morgan fingerprint density at radius 1 is 1.16 bits per heavy atom. The van der Waals surface area contributed by atoms with Gasteiger partial charge in [0.05, 0.1) is 18.1 Å². The number of nitrogens with one attached hydrogen (secondary N) is 2. The molecule has 10 heteroatoms. The highest BCUT2D eigenvalue weighted by molar-refractivity contribution is 7.92. The number of aromatic amines is 1. The van der Waals surface area contributed by atoms with E-state index in [1.165, 1.54) is 31.8 Å². The molecule has 4 rings (SSSR count). The minimum atomic E-state index is -3.95. The Balaban J connectivity index is 1.69. The number of sulfonamides is 1. The zero-order valence-electron chi connectivity index (χ0n) is 16.7. The van der Waals surface area contributed by atoms with Gasteiger partial charge < -0.3 is 15.5 Å². The summed E-state index contributed by atoms with van der Waals surface area (Å²) in [5.41, 5.74) is 7.93. The van der Waals surface area contributed by atoms with Crippen LogP contribution in [0.15, 0.2) is 59.9 Å². The highest BCUT2D eigenvalue weighted by atomic mass is 32.2. The second kappa shape index (κ2) is 7.73. The predicted octanol–water partition coefficient (Wildman–Crippen LogP) is 2.89. The molecule has 0 aliphatic carbocycles. The minimum absolute atomic E-state index is 0.00767. The molecule has 0 saturated carbocycles. The lowest BCUT2D eigenvalue weighted by atomic mass is 10.0. The Kier molecular flexibility index (Phi) is 5.07. The molecule has 31 heavy (non-hydrogen) atoms. The van der Waals surface area contributed by atoms with E-state index in [0.717, 1.165) is 5.56 Å². The molecule has 0 unspecified atom stereocenters. The van der Waals surface area contributed by atoms with Gasteiger partial charge in [0.25, 0.3) is 10.0 Å². The van der Waals surface area contributed by atoms with Crippen molar-refractivity contribution in [2.24, 2.45) is 0 Å². The number of aryl methyl sites for hydroxylation is 1. The van der Waals surface area contributed by atoms with Gasteiger partial charge in [-0.05, 0) is 36.8 Å². The number of nitrogen functional groups attached to an aromatic ring is 1. The third kappa shape index (κ3) is 3.80. The van der Waals surface area contributed by atoms with E-state index in [4.69, 9.17) is 10.5 Å². The lowest BCUT2D eigenvalue weighted by molar-refractivity contribution is 0.104. The Morgan fingerprint density at radius 2 is 1.97 bits per heavy atom. The second-order valence-electron chi connectivity index (χ2n) is 6.85. The maximum Gasteiger partial charge on any atom is 0.265 e. The first-order valence-electron chi connectivity index (χ1n) is 9.20. The largest absolute Gasteiger partial charge is 0.495 e. The number of carbonyl (C=O) groups excluding carboxylic acids is 1. The molecule has 0 radical (unpaired) electrons. The molecule has 2 aromatic carbocycles. The minimum Gasteiger partial charge on any atom is -0.495 e. The van der Waals surface area contributed by atoms with E-state index >= 15 is 0 Å². The number of hydrogen-bond donors (Lipinski definition) is 3. The van der Waals surface area contributed by atoms with Gasteiger partial charge in [0.1, 0.15) is 28.4 Å². The number of nitrogens with zero attached hydrogens (tertiary/aromatic N) is 2. The number of nitrogens with two attached hydrogens (primary N) is 1. The fraction of sp³-hybridized carbons (Fsp3) is 0.0952. The summed E-state index contributed by atoms with van der Waals surface area (Å²) in [5.74, 6) is 0.0551. The van der Waals surface area contributed by atoms with Gasteiger partial charge in [0, 0.05) is 17.4 Å². The van der Waals surface area contributed by atoms with Crippen LogP contribution in [0, 0.1) is 6.92 Å². The van der Waals surface area contributed by atoms with Crippen LogP contribution in [-0.4, -0.2) is 36.3 Å². The first-order chi connectivity index (χ1) is 14.8. The molecule has 0 fully saturated rings. The maximum atomic E-state index is 13.1. The van der Waals surface area contributed by atoms with E-state index in [-0.39, 0.29) is 33.5 Å². The molecular weight excluding hydrogens is 418 g/mol. The normalized spacial score (nSPS) is 11.4. The van der Waals surface area contributed by atoms with Crippen molar-refractivity contribution in [1.29, 1.82) is 0 Å². The van der Waals surface area contributed by atoms with Crippen LogP contribution in [0.5, 0.6) is 5.75 Å². The zero-order chi connectivity index (χ0) is 22.2. The van der Waals surface area contributed by atoms with Crippen molar-refractivity contribution in [1.82, 2.24) is 15.0 Å². The Morgan fingerprint density at radius 3 is 2.74 bits per heavy atom. The summed E-state index contributed by atoms with van der Waals surface area (Å²) in [4.78, 5) is 24.0. The molecule has 0 aliphatic heterocycles. The number of fused-ring (bicyclic) bond motifs is 1. The van der Waals surface area contributed by atoms with Crippen LogP contribution >= 0.6 is 0 Å². The van der Waals surface area contributed by atoms with Crippen molar-refractivity contribution in [3.8, 4) is 5.75 Å². The van der Waals surface area contributed by atoms with Gasteiger partial charge in [-0.3, -0.25) is 9.52 Å². The number of aromatic nitrogens is 3. The second-order valence-corrected chi connectivity index (χ2v) is 8.51. The molecule has 4 aromatic rings. The zero-order valence-corrected chi connectivity index (χ0v) is 17.5. The van der Waals surface area contributed by atoms with Gasteiger partial charge in [-0.1, -0.05) is 18.2 Å². The molecule has 0 aliphatic rings. The Hall–Kier alpha value is -3.92. The number of hydrogen-bond acceptors (Lipinski definition) is 7. The highest BCUT2D eigenvalue weighted by Crippen LogP contribution is 2.28. The van der Waals surface area contributed by atoms with Crippen LogP contribution in [0.3, 0.4) is 0 Å². The third-order valence-electron chi connectivity index (χ3n) is 4.73. The number of benzene rings is 2. The van der Waals surface area contributed by atoms with Crippen LogP contribution < -0.4 is 15.2 Å². The maximum absolute atomic E-state index is 13.1. The molecule has 4 N–H and O–H groups in total. The molecule has 2 aromatic heterocycles. The fourth-order valence-electron chi connectivity index (χ4n) is 3.25. The lowest BCUT2D eigenvalue weighted by Gasteiger charge is -2.13. The van der Waals surface area contributed by atoms with Crippen molar-refractivity contribution in [3.05, 3.63) is 71.7 Å². The predicted molar refractivity (Wildman–Crippen MR) is 117 cm³/mol. The molecule has 0 saturated heterocycles. The quantitative estimate of drug-likeness (QED) is 0.394. The fourth-order valence-corrected chi connectivity index (χ4v) is 4.55. The van der Waals surface area contributed by atoms with Crippen molar-refractivity contribution < 1.29 is 17.9 Å². The summed E-state index contributed by atoms with van der Waals surface area (Å²) in [7, 11) is -2.55. The molecule has 9 nitrogen and oxygen atoms in total. The summed E-state index contributed by atoms with van der Waals surface area (Å²) in [6.45, 7) is 1.79. The number of H-pyrrole nitrogens is 1. The van der Waals surface area contributed by atoms with E-state index in [2.05, 4.69) is 19.7 Å². The molecular formula is C21H19N5O4S. The van der Waals surface area contributed by atoms with Gasteiger partial charge in [0.15, 0.2) is 5.78 Å². The topological polar surface area (TPSA) is 140 Å². The smallest absolute Gasteiger partial charge is 0.265 e. The van der Waals surface area contributed by atoms with Crippen molar-refractivity contribution in [2.45, 2.75) is 11.8 Å². The van der Waals surface area contributed by atoms with E-state index in [1.807, 2.05) is 0 Å². The number of ether oxygens (including phenoxy) is 1. The van der Waals surface area contributed by atoms with E-state index in [0.29, 0.717) is 16.6 Å². The number of anilines is 2. The van der Waals surface area contributed by atoms with Crippen molar-refractivity contribution in [2.75, 3.05) is 17.6 Å². The number of rotatable bonds is 6. The number of methoxy groups -OCH3 is 1. The third-order valence-corrected chi connectivity index (χ3v) is 6.13. The summed E-state index contributed by atoms with van der Waals surface area (Å²) >= 11 is 0. The first kappa shape index (κ1) is 20.4. The van der Waals surface area contributed by atoms with E-state index < -0.39 is 10.0 Å². The van der Waals surface area contributed by atoms with Crippen LogP contribution in [0.25, 0.3) is 11.0 Å². The number of ketones is 1. The van der Waals surface area contributed by atoms with Gasteiger partial charge in [-0.15, -0.1) is 0 Å². The standard InChI is InChI=1S/C21H19N5O4S/c1-12-6-7-16(30-2)17(8-12)31(28,29)26-14-5-3-4-13(9-14)19(27)15-10-23-21-18(15)20(22)24-11-25-21/h3-11,26H,1-2H3,(H3,22,23,24,25). The van der Waals surface area contributed by atoms with Gasteiger partial charge in [0.2, 0.25) is 0 Å². The van der Waals surface area contributed by atoms with Crippen LogP contribution in [0.1, 0.15) is 21.5 Å². The Labute approximate surface area is 178 Å². The van der Waals surface area contributed by atoms with Crippen LogP contribution in [0.4, 0.5) is 11.5 Å². The van der Waals surface area contributed by atoms with Gasteiger partial charge >= 0.3 is 0 Å². The molecule has 0 atom stereocenters. The summed E-state index contributed by atoms with van der Waals surface area (Å²) < 4.78 is 33.6. The van der Waals surface area contributed by atoms with Crippen LogP contribution in [0.2, 0.25) is 0 Å². The molecule has 158 valence electrons. The number of carbonyl (C=O) groups is 1. The van der Waals surface area contributed by atoms with Crippen molar-refractivity contribution in [3.63, 3.8) is 0 Å². The molecule has 0 spiro atoms. The average molecular weight is 437 g/mol. The summed E-state index contributed by atoms with van der Waals surface area (Å²) in [5, 5.41) is 0.419. The monoisotopic (exact) mass is 437 g/mol. The Bertz CT molecular complexity index is 1410. The highest BCUT2D eigenvalue weighted by Gasteiger charge is 2.22. The molecule has 0 amide bonds. The summed E-state index contributed by atoms with van der Waals surface area (Å²) in [6.07, 6.45) is 2.81. The molecule has 0 bridgehead atoms. The van der Waals surface area contributed by atoms with E-state index in [9.17, 15) is 13.2 Å².